The van der Waals surface area contributed by atoms with Gasteiger partial charge in [-0.2, -0.15) is 0 Å². The number of rotatable bonds is 9. The number of ether oxygens (including phenoxy) is 2. The summed E-state index contributed by atoms with van der Waals surface area (Å²) in [4.78, 5) is 4.93. The van der Waals surface area contributed by atoms with E-state index in [0.717, 1.165) is 53.4 Å². The van der Waals surface area contributed by atoms with E-state index in [2.05, 4.69) is 54.0 Å². The molecule has 3 aromatic carbocycles. The summed E-state index contributed by atoms with van der Waals surface area (Å²) >= 11 is 0. The third-order valence-electron chi connectivity index (χ3n) is 5.51. The van der Waals surface area contributed by atoms with Gasteiger partial charge >= 0.3 is 0 Å². The van der Waals surface area contributed by atoms with E-state index in [1.165, 1.54) is 11.1 Å². The SMILES string of the molecule is C/C=C/c1ccc(OCCCCn2c(-c3cccc(C)c3)nc3ccccc32)c(OC)c1. The average Bonchev–Trinajstić information content (AvgIpc) is 3.18. The first-order chi connectivity index (χ1) is 15.7. The fraction of sp³-hybridized carbons (Fsp3) is 0.250. The number of methoxy groups -OCH3 is 1. The van der Waals surface area contributed by atoms with Gasteiger partial charge < -0.3 is 14.0 Å². The molecule has 32 heavy (non-hydrogen) atoms. The number of allylic oxidation sites excluding steroid dienone is 1. The minimum Gasteiger partial charge on any atom is -0.493 e. The number of hydrogen-bond acceptors (Lipinski definition) is 3. The van der Waals surface area contributed by atoms with Gasteiger partial charge in [-0.3, -0.25) is 0 Å². The molecule has 0 aliphatic rings. The van der Waals surface area contributed by atoms with Crippen molar-refractivity contribution in [2.24, 2.45) is 0 Å². The molecule has 0 bridgehead atoms. The summed E-state index contributed by atoms with van der Waals surface area (Å²) in [7, 11) is 1.68. The van der Waals surface area contributed by atoms with E-state index in [0.29, 0.717) is 6.61 Å². The first-order valence-corrected chi connectivity index (χ1v) is 11.2. The molecule has 0 fully saturated rings. The third-order valence-corrected chi connectivity index (χ3v) is 5.51. The monoisotopic (exact) mass is 426 g/mol. The Labute approximate surface area is 190 Å². The number of nitrogens with zero attached hydrogens (tertiary/aromatic N) is 2. The number of aromatic nitrogens is 2. The lowest BCUT2D eigenvalue weighted by Gasteiger charge is -2.12. The van der Waals surface area contributed by atoms with Gasteiger partial charge in [0.05, 0.1) is 24.8 Å². The average molecular weight is 427 g/mol. The molecule has 4 aromatic rings. The Hall–Kier alpha value is -3.53. The quantitative estimate of drug-likeness (QED) is 0.273. The molecule has 0 spiro atoms. The van der Waals surface area contributed by atoms with Crippen LogP contribution in [0.15, 0.2) is 72.8 Å². The van der Waals surface area contributed by atoms with Crippen LogP contribution in [0.25, 0.3) is 28.5 Å². The molecule has 0 radical (unpaired) electrons. The molecular weight excluding hydrogens is 396 g/mol. The molecule has 1 aromatic heterocycles. The van der Waals surface area contributed by atoms with E-state index in [1.807, 2.05) is 43.3 Å². The molecule has 0 aliphatic heterocycles. The maximum absolute atomic E-state index is 6.02. The number of hydrogen-bond donors (Lipinski definition) is 0. The van der Waals surface area contributed by atoms with Crippen LogP contribution in [0.3, 0.4) is 0 Å². The topological polar surface area (TPSA) is 36.3 Å². The van der Waals surface area contributed by atoms with Gasteiger partial charge in [0.1, 0.15) is 5.82 Å². The molecular formula is C28H30N2O2. The predicted molar refractivity (Wildman–Crippen MR) is 132 cm³/mol. The number of benzene rings is 3. The second kappa shape index (κ2) is 10.2. The minimum atomic E-state index is 0.645. The Balaban J connectivity index is 1.43. The van der Waals surface area contributed by atoms with Crippen molar-refractivity contribution in [3.05, 3.63) is 83.9 Å². The Kier molecular flexibility index (Phi) is 6.90. The zero-order valence-electron chi connectivity index (χ0n) is 19.0. The molecule has 0 saturated heterocycles. The summed E-state index contributed by atoms with van der Waals surface area (Å²) in [5, 5.41) is 0. The lowest BCUT2D eigenvalue weighted by Crippen LogP contribution is -2.04. The number of imidazole rings is 1. The van der Waals surface area contributed by atoms with Crippen LogP contribution in [0.4, 0.5) is 0 Å². The van der Waals surface area contributed by atoms with Crippen LogP contribution in [-0.4, -0.2) is 23.3 Å². The van der Waals surface area contributed by atoms with Crippen LogP contribution < -0.4 is 9.47 Å². The molecule has 0 atom stereocenters. The molecule has 0 amide bonds. The molecule has 1 heterocycles. The molecule has 4 heteroatoms. The second-order valence-electron chi connectivity index (χ2n) is 7.91. The summed E-state index contributed by atoms with van der Waals surface area (Å²) in [6.07, 6.45) is 6.01. The van der Waals surface area contributed by atoms with Crippen LogP contribution in [0.1, 0.15) is 30.9 Å². The van der Waals surface area contributed by atoms with Crippen LogP contribution in [0.2, 0.25) is 0 Å². The zero-order chi connectivity index (χ0) is 22.3. The Morgan fingerprint density at radius 2 is 1.81 bits per heavy atom. The summed E-state index contributed by atoms with van der Waals surface area (Å²) in [5.41, 5.74) is 5.71. The lowest BCUT2D eigenvalue weighted by atomic mass is 10.1. The highest BCUT2D eigenvalue weighted by Gasteiger charge is 2.12. The van der Waals surface area contributed by atoms with E-state index in [-0.39, 0.29) is 0 Å². The van der Waals surface area contributed by atoms with Gasteiger partial charge in [0.25, 0.3) is 0 Å². The molecule has 0 unspecified atom stereocenters. The number of para-hydroxylation sites is 2. The van der Waals surface area contributed by atoms with E-state index in [4.69, 9.17) is 14.5 Å². The fourth-order valence-electron chi connectivity index (χ4n) is 3.96. The van der Waals surface area contributed by atoms with Crippen LogP contribution >= 0.6 is 0 Å². The minimum absolute atomic E-state index is 0.645. The second-order valence-corrected chi connectivity index (χ2v) is 7.91. The Morgan fingerprint density at radius 1 is 0.938 bits per heavy atom. The molecule has 4 nitrogen and oxygen atoms in total. The third kappa shape index (κ3) is 4.86. The predicted octanol–water partition coefficient (Wildman–Crippen LogP) is 6.91. The molecule has 0 saturated carbocycles. The highest BCUT2D eigenvalue weighted by molar-refractivity contribution is 5.80. The van der Waals surface area contributed by atoms with Crippen molar-refractivity contribution in [2.75, 3.05) is 13.7 Å². The zero-order valence-corrected chi connectivity index (χ0v) is 19.0. The lowest BCUT2D eigenvalue weighted by molar-refractivity contribution is 0.284. The molecule has 164 valence electrons. The van der Waals surface area contributed by atoms with Crippen LogP contribution in [0.5, 0.6) is 11.5 Å². The van der Waals surface area contributed by atoms with Gasteiger partial charge in [-0.25, -0.2) is 4.98 Å². The number of aryl methyl sites for hydroxylation is 2. The van der Waals surface area contributed by atoms with Gasteiger partial charge in [0.2, 0.25) is 0 Å². The summed E-state index contributed by atoms with van der Waals surface area (Å²) in [6, 6.07) is 22.9. The highest BCUT2D eigenvalue weighted by atomic mass is 16.5. The van der Waals surface area contributed by atoms with Gasteiger partial charge in [-0.1, -0.05) is 54.1 Å². The van der Waals surface area contributed by atoms with Gasteiger partial charge in [-0.15, -0.1) is 0 Å². The van der Waals surface area contributed by atoms with Crippen molar-refractivity contribution in [1.82, 2.24) is 9.55 Å². The van der Waals surface area contributed by atoms with E-state index in [1.54, 1.807) is 7.11 Å². The normalized spacial score (nSPS) is 11.3. The van der Waals surface area contributed by atoms with Gasteiger partial charge in [0.15, 0.2) is 11.5 Å². The highest BCUT2D eigenvalue weighted by Crippen LogP contribution is 2.29. The van der Waals surface area contributed by atoms with Crippen molar-refractivity contribution < 1.29 is 9.47 Å². The van der Waals surface area contributed by atoms with E-state index in [9.17, 15) is 0 Å². The maximum Gasteiger partial charge on any atom is 0.161 e. The first kappa shape index (κ1) is 21.7. The van der Waals surface area contributed by atoms with Crippen LogP contribution in [-0.2, 0) is 6.54 Å². The largest absolute Gasteiger partial charge is 0.493 e. The molecule has 0 N–H and O–H groups in total. The first-order valence-electron chi connectivity index (χ1n) is 11.2. The molecule has 4 rings (SSSR count). The van der Waals surface area contributed by atoms with Crippen molar-refractivity contribution in [3.63, 3.8) is 0 Å². The number of fused-ring (bicyclic) bond motifs is 1. The van der Waals surface area contributed by atoms with Crippen molar-refractivity contribution in [1.29, 1.82) is 0 Å². The van der Waals surface area contributed by atoms with E-state index < -0.39 is 0 Å². The fourth-order valence-corrected chi connectivity index (χ4v) is 3.96. The van der Waals surface area contributed by atoms with Crippen molar-refractivity contribution in [3.8, 4) is 22.9 Å². The van der Waals surface area contributed by atoms with Gasteiger partial charge in [-0.05, 0) is 62.6 Å². The maximum atomic E-state index is 6.02. The number of unbranched alkanes of at least 4 members (excludes halogenated alkanes) is 1. The Bertz CT molecular complexity index is 1220. The molecule has 0 aliphatic carbocycles. The van der Waals surface area contributed by atoms with Crippen LogP contribution in [0, 0.1) is 6.92 Å². The summed E-state index contributed by atoms with van der Waals surface area (Å²) in [6.45, 7) is 5.66. The van der Waals surface area contributed by atoms with Gasteiger partial charge in [0, 0.05) is 12.1 Å². The summed E-state index contributed by atoms with van der Waals surface area (Å²) < 4.78 is 13.9. The van der Waals surface area contributed by atoms with E-state index >= 15 is 0 Å². The Morgan fingerprint density at radius 3 is 2.62 bits per heavy atom. The van der Waals surface area contributed by atoms with Crippen molar-refractivity contribution in [2.45, 2.75) is 33.2 Å². The standard InChI is InChI=1S/C28H30N2O2/c1-4-10-22-15-16-26(27(20-22)31-3)32-18-8-7-17-30-25-14-6-5-13-24(25)29-28(30)23-12-9-11-21(2)19-23/h4-6,9-16,19-20H,7-8,17-18H2,1-3H3/b10-4+. The smallest absolute Gasteiger partial charge is 0.161 e. The summed E-state index contributed by atoms with van der Waals surface area (Å²) in [5.74, 6) is 2.58. The van der Waals surface area contributed by atoms with Crippen molar-refractivity contribution >= 4 is 17.1 Å².